The Hall–Kier alpha value is -3.49. The van der Waals surface area contributed by atoms with Crippen LogP contribution in [0.2, 0.25) is 0 Å². The third-order valence-electron chi connectivity index (χ3n) is 4.39. The summed E-state index contributed by atoms with van der Waals surface area (Å²) in [6.45, 7) is 5.96. The van der Waals surface area contributed by atoms with Crippen molar-refractivity contribution in [1.29, 1.82) is 0 Å². The van der Waals surface area contributed by atoms with E-state index in [4.69, 9.17) is 13.9 Å². The topological polar surface area (TPSA) is 75.0 Å². The standard InChI is InChI=1S/C22H19F3O6/c1-21(2,3)12-5-7-13(8-6-12)29-18-17(26)15-10-9-14(30-20(27)28-4)11-16(15)31-19(18)22(23,24)25/h5-11H,1-4H3. The summed E-state index contributed by atoms with van der Waals surface area (Å²) in [7, 11) is 1.07. The molecular weight excluding hydrogens is 417 g/mol. The summed E-state index contributed by atoms with van der Waals surface area (Å²) in [6, 6.07) is 9.78. The van der Waals surface area contributed by atoms with Crippen LogP contribution in [0.5, 0.6) is 17.2 Å². The molecule has 0 aliphatic carbocycles. The molecule has 0 atom stereocenters. The number of hydrogen-bond donors (Lipinski definition) is 0. The van der Waals surface area contributed by atoms with Crippen LogP contribution in [-0.2, 0) is 16.3 Å². The van der Waals surface area contributed by atoms with Crippen molar-refractivity contribution in [3.63, 3.8) is 0 Å². The quantitative estimate of drug-likeness (QED) is 0.368. The van der Waals surface area contributed by atoms with Crippen molar-refractivity contribution in [2.75, 3.05) is 7.11 Å². The lowest BCUT2D eigenvalue weighted by molar-refractivity contribution is -0.154. The van der Waals surface area contributed by atoms with Crippen LogP contribution < -0.4 is 14.9 Å². The summed E-state index contributed by atoms with van der Waals surface area (Å²) in [5.74, 6) is -2.68. The number of fused-ring (bicyclic) bond motifs is 1. The minimum atomic E-state index is -5.01. The molecule has 0 radical (unpaired) electrons. The number of hydrogen-bond acceptors (Lipinski definition) is 6. The Morgan fingerprint density at radius 1 is 0.968 bits per heavy atom. The van der Waals surface area contributed by atoms with Gasteiger partial charge < -0.3 is 18.6 Å². The smallest absolute Gasteiger partial charge is 0.449 e. The molecule has 1 aromatic heterocycles. The first-order valence-electron chi connectivity index (χ1n) is 9.12. The molecule has 0 bridgehead atoms. The number of carbonyl (C=O) groups is 1. The molecule has 0 unspecified atom stereocenters. The lowest BCUT2D eigenvalue weighted by atomic mass is 9.87. The molecule has 31 heavy (non-hydrogen) atoms. The Morgan fingerprint density at radius 3 is 2.13 bits per heavy atom. The van der Waals surface area contributed by atoms with Crippen LogP contribution in [0.1, 0.15) is 32.1 Å². The number of ether oxygens (including phenoxy) is 3. The van der Waals surface area contributed by atoms with E-state index in [-0.39, 0.29) is 22.3 Å². The van der Waals surface area contributed by atoms with E-state index in [0.717, 1.165) is 18.7 Å². The maximum atomic E-state index is 13.6. The van der Waals surface area contributed by atoms with Gasteiger partial charge in [0.2, 0.25) is 11.2 Å². The number of alkyl halides is 3. The molecule has 3 rings (SSSR count). The van der Waals surface area contributed by atoms with Gasteiger partial charge in [0.25, 0.3) is 5.76 Å². The van der Waals surface area contributed by atoms with Crippen molar-refractivity contribution in [3.8, 4) is 17.2 Å². The van der Waals surface area contributed by atoms with Crippen LogP contribution in [0, 0.1) is 0 Å². The van der Waals surface area contributed by atoms with Crippen molar-refractivity contribution in [2.45, 2.75) is 32.4 Å². The molecule has 0 aliphatic heterocycles. The van der Waals surface area contributed by atoms with Crippen LogP contribution in [0.15, 0.2) is 51.7 Å². The van der Waals surface area contributed by atoms with E-state index in [9.17, 15) is 22.8 Å². The average molecular weight is 436 g/mol. The number of benzene rings is 2. The van der Waals surface area contributed by atoms with Crippen molar-refractivity contribution in [1.82, 2.24) is 0 Å². The Balaban J connectivity index is 2.09. The van der Waals surface area contributed by atoms with Crippen molar-refractivity contribution in [2.24, 2.45) is 0 Å². The molecule has 9 heteroatoms. The van der Waals surface area contributed by atoms with E-state index in [1.165, 1.54) is 24.3 Å². The number of rotatable bonds is 3. The monoisotopic (exact) mass is 436 g/mol. The first kappa shape index (κ1) is 22.2. The highest BCUT2D eigenvalue weighted by Gasteiger charge is 2.40. The molecule has 0 amide bonds. The number of carbonyl (C=O) groups excluding carboxylic acids is 1. The summed E-state index contributed by atoms with van der Waals surface area (Å²) in [5, 5.41) is -0.175. The summed E-state index contributed by atoms with van der Waals surface area (Å²) in [6.07, 6.45) is -6.08. The molecule has 0 spiro atoms. The predicted octanol–water partition coefficient (Wildman–Crippen LogP) is 6.05. The Morgan fingerprint density at radius 2 is 1.58 bits per heavy atom. The molecule has 164 valence electrons. The second kappa shape index (κ2) is 7.98. The van der Waals surface area contributed by atoms with E-state index < -0.39 is 34.9 Å². The summed E-state index contributed by atoms with van der Waals surface area (Å²) in [4.78, 5) is 24.0. The molecule has 2 aromatic carbocycles. The van der Waals surface area contributed by atoms with Crippen LogP contribution in [-0.4, -0.2) is 13.3 Å². The van der Waals surface area contributed by atoms with E-state index in [1.807, 2.05) is 20.8 Å². The second-order valence-electron chi connectivity index (χ2n) is 7.68. The van der Waals surface area contributed by atoms with Gasteiger partial charge in [-0.1, -0.05) is 32.9 Å². The van der Waals surface area contributed by atoms with Crippen molar-refractivity contribution >= 4 is 17.1 Å². The summed E-state index contributed by atoms with van der Waals surface area (Å²) in [5.41, 5.74) is -0.659. The summed E-state index contributed by atoms with van der Waals surface area (Å²) < 4.78 is 60.3. The van der Waals surface area contributed by atoms with Crippen LogP contribution in [0.4, 0.5) is 18.0 Å². The van der Waals surface area contributed by atoms with Gasteiger partial charge in [-0.05, 0) is 35.2 Å². The van der Waals surface area contributed by atoms with E-state index in [2.05, 4.69) is 4.74 Å². The van der Waals surface area contributed by atoms with Gasteiger partial charge in [-0.3, -0.25) is 4.79 Å². The van der Waals surface area contributed by atoms with Crippen LogP contribution >= 0.6 is 0 Å². The molecule has 6 nitrogen and oxygen atoms in total. The first-order valence-corrected chi connectivity index (χ1v) is 9.12. The molecule has 0 fully saturated rings. The van der Waals surface area contributed by atoms with Crippen molar-refractivity contribution in [3.05, 3.63) is 64.0 Å². The highest BCUT2D eigenvalue weighted by atomic mass is 19.4. The third kappa shape index (κ3) is 4.82. The first-order chi connectivity index (χ1) is 14.4. The fraction of sp³-hybridized carbons (Fsp3) is 0.273. The van der Waals surface area contributed by atoms with E-state index in [1.54, 1.807) is 12.1 Å². The van der Waals surface area contributed by atoms with Gasteiger partial charge in [-0.25, -0.2) is 4.79 Å². The molecular formula is C22H19F3O6. The highest BCUT2D eigenvalue weighted by Crippen LogP contribution is 2.39. The SMILES string of the molecule is COC(=O)Oc1ccc2c(=O)c(Oc3ccc(C(C)(C)C)cc3)c(C(F)(F)F)oc2c1. The Labute approximate surface area is 175 Å². The molecule has 3 aromatic rings. The average Bonchev–Trinajstić information content (AvgIpc) is 2.68. The molecule has 0 saturated heterocycles. The molecule has 1 heterocycles. The van der Waals surface area contributed by atoms with Gasteiger partial charge in [-0.2, -0.15) is 13.2 Å². The highest BCUT2D eigenvalue weighted by molar-refractivity contribution is 5.80. The summed E-state index contributed by atoms with van der Waals surface area (Å²) >= 11 is 0. The third-order valence-corrected chi connectivity index (χ3v) is 4.39. The molecule has 0 aliphatic rings. The molecule has 0 saturated carbocycles. The predicted molar refractivity (Wildman–Crippen MR) is 106 cm³/mol. The van der Waals surface area contributed by atoms with Gasteiger partial charge in [-0.15, -0.1) is 0 Å². The zero-order valence-corrected chi connectivity index (χ0v) is 17.1. The second-order valence-corrected chi connectivity index (χ2v) is 7.68. The normalized spacial score (nSPS) is 12.0. The van der Waals surface area contributed by atoms with Crippen LogP contribution in [0.3, 0.4) is 0 Å². The Bertz CT molecular complexity index is 1170. The minimum Gasteiger partial charge on any atom is -0.449 e. The fourth-order valence-corrected chi connectivity index (χ4v) is 2.78. The maximum absolute atomic E-state index is 13.6. The zero-order chi connectivity index (χ0) is 23.0. The van der Waals surface area contributed by atoms with Crippen molar-refractivity contribution < 1.29 is 36.6 Å². The largest absolute Gasteiger partial charge is 0.513 e. The van der Waals surface area contributed by atoms with Gasteiger partial charge in [0.1, 0.15) is 17.1 Å². The fourth-order valence-electron chi connectivity index (χ4n) is 2.78. The van der Waals surface area contributed by atoms with E-state index >= 15 is 0 Å². The number of halogens is 3. The van der Waals surface area contributed by atoms with Gasteiger partial charge >= 0.3 is 12.3 Å². The zero-order valence-electron chi connectivity index (χ0n) is 17.1. The Kier molecular flexibility index (Phi) is 5.71. The lowest BCUT2D eigenvalue weighted by Gasteiger charge is -2.19. The van der Waals surface area contributed by atoms with E-state index in [0.29, 0.717) is 0 Å². The molecule has 0 N–H and O–H groups in total. The van der Waals surface area contributed by atoms with Gasteiger partial charge in [0.15, 0.2) is 0 Å². The van der Waals surface area contributed by atoms with Gasteiger partial charge in [0, 0.05) is 6.07 Å². The van der Waals surface area contributed by atoms with Gasteiger partial charge in [0.05, 0.1) is 12.5 Å². The minimum absolute atomic E-state index is 0.0517. The lowest BCUT2D eigenvalue weighted by Crippen LogP contribution is -2.16. The van der Waals surface area contributed by atoms with Crippen LogP contribution in [0.25, 0.3) is 11.0 Å². The maximum Gasteiger partial charge on any atom is 0.513 e. The number of methoxy groups -OCH3 is 1.